The lowest BCUT2D eigenvalue weighted by Crippen LogP contribution is -2.71. The van der Waals surface area contributed by atoms with Crippen LogP contribution >= 0.6 is 0 Å². The molecule has 9 heteroatoms. The Bertz CT molecular complexity index is 1180. The average Bonchev–Trinajstić information content (AvgIpc) is 2.94. The van der Waals surface area contributed by atoms with Crippen LogP contribution in [0.15, 0.2) is 30.3 Å². The summed E-state index contributed by atoms with van der Waals surface area (Å²) >= 11 is 0. The van der Waals surface area contributed by atoms with Gasteiger partial charge in [-0.05, 0) is 43.7 Å². The molecule has 2 bridgehead atoms. The molecule has 1 saturated heterocycles. The molecule has 0 spiro atoms. The van der Waals surface area contributed by atoms with E-state index in [1.54, 1.807) is 30.3 Å². The van der Waals surface area contributed by atoms with Crippen LogP contribution in [0.4, 0.5) is 0 Å². The van der Waals surface area contributed by atoms with Gasteiger partial charge in [0.05, 0.1) is 35.7 Å². The van der Waals surface area contributed by atoms with E-state index in [0.717, 1.165) is 0 Å². The van der Waals surface area contributed by atoms with Crippen molar-refractivity contribution in [3.05, 3.63) is 35.9 Å². The topological polar surface area (TPSA) is 136 Å². The van der Waals surface area contributed by atoms with Gasteiger partial charge >= 0.3 is 11.9 Å². The number of Topliss-reactive ketones (excluding diaryl/α,β-unsaturated/α-hetero) is 2. The van der Waals surface area contributed by atoms with E-state index in [1.165, 1.54) is 13.8 Å². The molecular weight excluding hydrogens is 516 g/mol. The van der Waals surface area contributed by atoms with Crippen molar-refractivity contribution in [1.29, 1.82) is 0 Å². The number of carbonyl (C=O) groups is 4. The van der Waals surface area contributed by atoms with Gasteiger partial charge in [0.15, 0.2) is 0 Å². The SMILES string of the molecule is CC(=O)OC1C2COC2CC(O)C2(C)C(=O)C(=O)C3C(C)CCC(O)(C(OC(=O)c4ccccc4)C12)C3C(C)C. The van der Waals surface area contributed by atoms with Crippen LogP contribution in [0.2, 0.25) is 0 Å². The third-order valence-corrected chi connectivity index (χ3v) is 10.3. The first-order valence-electron chi connectivity index (χ1n) is 14.4. The molecule has 0 aromatic heterocycles. The fourth-order valence-electron chi connectivity index (χ4n) is 8.21. The molecule has 9 nitrogen and oxygen atoms in total. The Morgan fingerprint density at radius 3 is 2.38 bits per heavy atom. The van der Waals surface area contributed by atoms with Crippen molar-refractivity contribution >= 4 is 23.5 Å². The zero-order valence-corrected chi connectivity index (χ0v) is 23.7. The van der Waals surface area contributed by atoms with Crippen molar-refractivity contribution in [2.45, 2.75) is 83.9 Å². The van der Waals surface area contributed by atoms with Gasteiger partial charge in [0, 0.05) is 31.1 Å². The van der Waals surface area contributed by atoms with Crippen molar-refractivity contribution in [2.75, 3.05) is 6.61 Å². The fourth-order valence-corrected chi connectivity index (χ4v) is 8.21. The number of hydrogen-bond acceptors (Lipinski definition) is 9. The van der Waals surface area contributed by atoms with E-state index in [-0.39, 0.29) is 36.8 Å². The van der Waals surface area contributed by atoms with Gasteiger partial charge in [0.1, 0.15) is 17.8 Å². The summed E-state index contributed by atoms with van der Waals surface area (Å²) in [6, 6.07) is 8.33. The summed E-state index contributed by atoms with van der Waals surface area (Å²) in [5.41, 5.74) is -3.30. The number of benzene rings is 1. The average molecular weight is 557 g/mol. The van der Waals surface area contributed by atoms with E-state index in [4.69, 9.17) is 14.2 Å². The van der Waals surface area contributed by atoms with Gasteiger partial charge in [0.2, 0.25) is 11.6 Å². The zero-order valence-electron chi connectivity index (χ0n) is 23.7. The van der Waals surface area contributed by atoms with Crippen molar-refractivity contribution < 1.29 is 43.6 Å². The van der Waals surface area contributed by atoms with Gasteiger partial charge in [-0.2, -0.15) is 0 Å². The molecule has 1 aromatic rings. The highest BCUT2D eigenvalue weighted by Gasteiger charge is 2.71. The number of aliphatic hydroxyl groups excluding tert-OH is 1. The van der Waals surface area contributed by atoms with Crippen LogP contribution in [-0.4, -0.2) is 70.3 Å². The second-order valence-electron chi connectivity index (χ2n) is 12.9. The van der Waals surface area contributed by atoms with Crippen molar-refractivity contribution in [3.63, 3.8) is 0 Å². The predicted octanol–water partition coefficient (Wildman–Crippen LogP) is 2.75. The first kappa shape index (κ1) is 28.9. The summed E-state index contributed by atoms with van der Waals surface area (Å²) in [5.74, 6) is -6.35. The summed E-state index contributed by atoms with van der Waals surface area (Å²) in [4.78, 5) is 54.7. The maximum absolute atomic E-state index is 14.4. The zero-order chi connectivity index (χ0) is 29.1. The van der Waals surface area contributed by atoms with E-state index in [2.05, 4.69) is 0 Å². The van der Waals surface area contributed by atoms with Crippen LogP contribution < -0.4 is 0 Å². The monoisotopic (exact) mass is 556 g/mol. The molecule has 3 aliphatic carbocycles. The number of fused-ring (bicyclic) bond motifs is 4. The number of hydrogen-bond donors (Lipinski definition) is 2. The summed E-state index contributed by atoms with van der Waals surface area (Å²) in [5, 5.41) is 24.4. The number of aliphatic hydroxyl groups is 2. The Labute approximate surface area is 234 Å². The maximum atomic E-state index is 14.4. The van der Waals surface area contributed by atoms with Crippen LogP contribution in [-0.2, 0) is 28.6 Å². The van der Waals surface area contributed by atoms with E-state index in [0.29, 0.717) is 6.42 Å². The molecule has 4 aliphatic rings. The number of carbonyl (C=O) groups excluding carboxylic acids is 4. The molecule has 0 amide bonds. The van der Waals surface area contributed by atoms with E-state index in [1.807, 2.05) is 20.8 Å². The Kier molecular flexibility index (Phi) is 7.46. The van der Waals surface area contributed by atoms with E-state index < -0.39 is 82.6 Å². The Morgan fingerprint density at radius 2 is 1.80 bits per heavy atom. The first-order valence-corrected chi connectivity index (χ1v) is 14.4. The number of ether oxygens (including phenoxy) is 3. The summed E-state index contributed by atoms with van der Waals surface area (Å²) < 4.78 is 17.9. The van der Waals surface area contributed by atoms with Gasteiger partial charge in [-0.25, -0.2) is 4.79 Å². The Hall–Kier alpha value is -2.62. The molecule has 0 radical (unpaired) electrons. The van der Waals surface area contributed by atoms with E-state index in [9.17, 15) is 29.4 Å². The highest BCUT2D eigenvalue weighted by Crippen LogP contribution is 2.58. The van der Waals surface area contributed by atoms with Gasteiger partial charge in [-0.3, -0.25) is 14.4 Å². The minimum Gasteiger partial charge on any atom is -0.462 e. The molecule has 11 atom stereocenters. The lowest BCUT2D eigenvalue weighted by atomic mass is 9.49. The number of ketones is 2. The second-order valence-corrected chi connectivity index (χ2v) is 12.9. The molecule has 40 heavy (non-hydrogen) atoms. The first-order chi connectivity index (χ1) is 18.8. The maximum Gasteiger partial charge on any atom is 0.338 e. The third-order valence-electron chi connectivity index (χ3n) is 10.3. The highest BCUT2D eigenvalue weighted by atomic mass is 16.6. The van der Waals surface area contributed by atoms with Crippen LogP contribution in [0, 0.1) is 40.9 Å². The molecule has 4 fully saturated rings. The molecule has 11 unspecified atom stereocenters. The van der Waals surface area contributed by atoms with Crippen LogP contribution in [0.1, 0.15) is 64.2 Å². The largest absolute Gasteiger partial charge is 0.462 e. The Morgan fingerprint density at radius 1 is 1.12 bits per heavy atom. The Balaban J connectivity index is 1.77. The molecule has 218 valence electrons. The molecular formula is C31H40O9. The van der Waals surface area contributed by atoms with Crippen molar-refractivity contribution in [3.8, 4) is 0 Å². The van der Waals surface area contributed by atoms with Crippen LogP contribution in [0.5, 0.6) is 0 Å². The smallest absolute Gasteiger partial charge is 0.338 e. The molecule has 5 rings (SSSR count). The highest BCUT2D eigenvalue weighted by molar-refractivity contribution is 6.40. The lowest BCUT2D eigenvalue weighted by Gasteiger charge is -2.58. The van der Waals surface area contributed by atoms with Gasteiger partial charge < -0.3 is 24.4 Å². The minimum absolute atomic E-state index is 0.0417. The third kappa shape index (κ3) is 4.32. The molecule has 1 aromatic carbocycles. The summed E-state index contributed by atoms with van der Waals surface area (Å²) in [7, 11) is 0. The molecule has 1 aliphatic heterocycles. The minimum atomic E-state index is -1.81. The fraction of sp³-hybridized carbons (Fsp3) is 0.677. The summed E-state index contributed by atoms with van der Waals surface area (Å²) in [6.45, 7) is 8.61. The lowest BCUT2D eigenvalue weighted by molar-refractivity contribution is -0.240. The van der Waals surface area contributed by atoms with Crippen molar-refractivity contribution in [1.82, 2.24) is 0 Å². The van der Waals surface area contributed by atoms with Gasteiger partial charge in [0.25, 0.3) is 0 Å². The van der Waals surface area contributed by atoms with Gasteiger partial charge in [-0.15, -0.1) is 0 Å². The van der Waals surface area contributed by atoms with Gasteiger partial charge in [-0.1, -0.05) is 39.0 Å². The molecule has 2 N–H and O–H groups in total. The number of rotatable bonds is 4. The summed E-state index contributed by atoms with van der Waals surface area (Å²) in [6.07, 6.45) is -3.61. The van der Waals surface area contributed by atoms with Crippen LogP contribution in [0.25, 0.3) is 0 Å². The van der Waals surface area contributed by atoms with Crippen molar-refractivity contribution in [2.24, 2.45) is 40.9 Å². The quantitative estimate of drug-likeness (QED) is 0.424. The standard InChI is InChI=1S/C31H40O9/c1-15(2)23-22-16(3)11-12-31(23,37)28(40-29(36)18-9-7-6-8-10-18)24-26(39-17(4)32)19-14-38-20(19)13-21(33)30(24,5)27(35)25(22)34/h6-10,15-16,19-24,26,28,33,37H,11-14H2,1-5H3. The van der Waals surface area contributed by atoms with Crippen LogP contribution in [0.3, 0.4) is 0 Å². The second kappa shape index (κ2) is 10.3. The number of esters is 2. The van der Waals surface area contributed by atoms with E-state index >= 15 is 0 Å². The molecule has 1 heterocycles. The molecule has 3 saturated carbocycles. The predicted molar refractivity (Wildman–Crippen MR) is 142 cm³/mol. The normalized spacial score (nSPS) is 42.9.